The second-order valence-corrected chi connectivity index (χ2v) is 9.34. The number of nitro benzene ring substituents is 1. The van der Waals surface area contributed by atoms with Gasteiger partial charge in [-0.05, 0) is 53.5 Å². The topological polar surface area (TPSA) is 180 Å². The van der Waals surface area contributed by atoms with Crippen molar-refractivity contribution in [3.8, 4) is 17.2 Å². The van der Waals surface area contributed by atoms with Gasteiger partial charge in [0, 0.05) is 17.3 Å². The normalized spacial score (nSPS) is 14.5. The van der Waals surface area contributed by atoms with Crippen molar-refractivity contribution < 1.29 is 38.3 Å². The first-order valence-electron chi connectivity index (χ1n) is 12.4. The summed E-state index contributed by atoms with van der Waals surface area (Å²) in [6, 6.07) is 6.21. The highest BCUT2D eigenvalue weighted by molar-refractivity contribution is 9.10. The molecule has 15 heteroatoms. The number of nitro groups is 1. The molecule has 0 unspecified atom stereocenters. The number of methoxy groups -OCH3 is 1. The molecule has 3 rings (SSSR count). The fraction of sp³-hybridized carbons (Fsp3) is 0.259. The maximum atomic E-state index is 12.6. The molecule has 0 bridgehead atoms. The summed E-state index contributed by atoms with van der Waals surface area (Å²) < 4.78 is 21.8. The number of hydrazone groups is 1. The van der Waals surface area contributed by atoms with Crippen molar-refractivity contribution in [2.45, 2.75) is 19.9 Å². The number of carbonyl (C=O) groups is 3. The number of nitrogens with zero attached hydrogens (tertiary/aromatic N) is 2. The summed E-state index contributed by atoms with van der Waals surface area (Å²) >= 11 is 3.24. The van der Waals surface area contributed by atoms with E-state index in [0.717, 1.165) is 0 Å². The Balaban J connectivity index is 1.69. The second kappa shape index (κ2) is 14.6. The number of benzene rings is 2. The Labute approximate surface area is 249 Å². The number of hydrogen-bond acceptors (Lipinski definition) is 10. The van der Waals surface area contributed by atoms with Crippen LogP contribution >= 0.6 is 15.9 Å². The molecule has 222 valence electrons. The molecule has 0 radical (unpaired) electrons. The van der Waals surface area contributed by atoms with Crippen molar-refractivity contribution in [2.75, 3.05) is 26.9 Å². The van der Waals surface area contributed by atoms with Crippen LogP contribution in [-0.2, 0) is 14.3 Å². The van der Waals surface area contributed by atoms with E-state index in [9.17, 15) is 24.5 Å². The summed E-state index contributed by atoms with van der Waals surface area (Å²) in [5, 5.41) is 20.5. The van der Waals surface area contributed by atoms with E-state index in [1.54, 1.807) is 32.0 Å². The standard InChI is InChI=1S/C27H28BrN5O9/c1-5-9-41-25-18(28)10-16(11-19(25)33(37)38)13-29-32-22(34)14-42-20-8-7-17(12-21(20)39-4)24-23(26(35)40-6-2)15(3)30-27(36)31-24/h5,7-8,10-13,24H,1,6,9,14H2,2-4H3,(H,32,34)(H2,30,31,36)/b29-13+/t24-/m1/s1. The highest BCUT2D eigenvalue weighted by Gasteiger charge is 2.32. The van der Waals surface area contributed by atoms with E-state index in [2.05, 4.69) is 43.7 Å². The quantitative estimate of drug-likeness (QED) is 0.0963. The Bertz CT molecular complexity index is 1460. The average Bonchev–Trinajstić information content (AvgIpc) is 2.94. The summed E-state index contributed by atoms with van der Waals surface area (Å²) in [5.41, 5.74) is 3.44. The highest BCUT2D eigenvalue weighted by atomic mass is 79.9. The molecule has 0 saturated carbocycles. The number of hydrogen-bond donors (Lipinski definition) is 3. The number of ether oxygens (including phenoxy) is 4. The Morgan fingerprint density at radius 1 is 1.24 bits per heavy atom. The van der Waals surface area contributed by atoms with Gasteiger partial charge in [-0.3, -0.25) is 14.9 Å². The largest absolute Gasteiger partial charge is 0.493 e. The van der Waals surface area contributed by atoms with Crippen LogP contribution in [0.3, 0.4) is 0 Å². The molecular weight excluding hydrogens is 618 g/mol. The van der Waals surface area contributed by atoms with Gasteiger partial charge in [0.05, 0.1) is 40.9 Å². The van der Waals surface area contributed by atoms with Crippen LogP contribution in [0.4, 0.5) is 10.5 Å². The van der Waals surface area contributed by atoms with E-state index in [4.69, 9.17) is 18.9 Å². The van der Waals surface area contributed by atoms with Crippen LogP contribution < -0.4 is 30.3 Å². The molecule has 0 fully saturated rings. The molecule has 2 aromatic rings. The number of rotatable bonds is 13. The van der Waals surface area contributed by atoms with Gasteiger partial charge in [0.15, 0.2) is 18.1 Å². The van der Waals surface area contributed by atoms with Gasteiger partial charge < -0.3 is 29.6 Å². The summed E-state index contributed by atoms with van der Waals surface area (Å²) in [4.78, 5) is 47.9. The van der Waals surface area contributed by atoms with Crippen molar-refractivity contribution in [3.63, 3.8) is 0 Å². The zero-order valence-corrected chi connectivity index (χ0v) is 24.5. The minimum absolute atomic E-state index is 0.0419. The van der Waals surface area contributed by atoms with E-state index < -0.39 is 35.5 Å². The highest BCUT2D eigenvalue weighted by Crippen LogP contribution is 2.36. The first-order valence-corrected chi connectivity index (χ1v) is 13.2. The fourth-order valence-corrected chi connectivity index (χ4v) is 4.44. The molecule has 1 atom stereocenters. The van der Waals surface area contributed by atoms with Gasteiger partial charge in [-0.25, -0.2) is 15.0 Å². The SMILES string of the molecule is C=CCOc1c(Br)cc(/C=N/NC(=O)COc2ccc([C@H]3NC(=O)NC(C)=C3C(=O)OCC)cc2OC)cc1[N+](=O)[O-]. The minimum Gasteiger partial charge on any atom is -0.493 e. The molecule has 1 aliphatic heterocycles. The van der Waals surface area contributed by atoms with Crippen LogP contribution in [0, 0.1) is 10.1 Å². The van der Waals surface area contributed by atoms with Gasteiger partial charge in [0.25, 0.3) is 5.91 Å². The lowest BCUT2D eigenvalue weighted by Crippen LogP contribution is -2.45. The zero-order valence-electron chi connectivity index (χ0n) is 22.9. The molecule has 14 nitrogen and oxygen atoms in total. The lowest BCUT2D eigenvalue weighted by atomic mass is 9.95. The van der Waals surface area contributed by atoms with E-state index >= 15 is 0 Å². The van der Waals surface area contributed by atoms with Crippen LogP contribution in [0.15, 0.2) is 63.8 Å². The van der Waals surface area contributed by atoms with E-state index in [1.165, 1.54) is 31.5 Å². The van der Waals surface area contributed by atoms with Crippen LogP contribution in [0.2, 0.25) is 0 Å². The lowest BCUT2D eigenvalue weighted by Gasteiger charge is -2.28. The van der Waals surface area contributed by atoms with Crippen LogP contribution in [-0.4, -0.2) is 56.0 Å². The summed E-state index contributed by atoms with van der Waals surface area (Å²) in [7, 11) is 1.40. The first kappa shape index (κ1) is 31.6. The number of allylic oxidation sites excluding steroid dienone is 1. The molecule has 1 heterocycles. The van der Waals surface area contributed by atoms with Gasteiger partial charge in [0.1, 0.15) is 6.61 Å². The van der Waals surface area contributed by atoms with Crippen molar-refractivity contribution >= 4 is 45.7 Å². The van der Waals surface area contributed by atoms with Gasteiger partial charge in [0.2, 0.25) is 5.75 Å². The summed E-state index contributed by atoms with van der Waals surface area (Å²) in [5.74, 6) is -0.698. The van der Waals surface area contributed by atoms with Gasteiger partial charge in [-0.15, -0.1) is 0 Å². The molecule has 2 aromatic carbocycles. The maximum Gasteiger partial charge on any atom is 0.338 e. The van der Waals surface area contributed by atoms with E-state index in [1.807, 2.05) is 0 Å². The fourth-order valence-electron chi connectivity index (χ4n) is 3.86. The molecule has 42 heavy (non-hydrogen) atoms. The zero-order chi connectivity index (χ0) is 30.8. The van der Waals surface area contributed by atoms with Crippen molar-refractivity contribution in [1.29, 1.82) is 0 Å². The van der Waals surface area contributed by atoms with Crippen LogP contribution in [0.5, 0.6) is 17.2 Å². The first-order chi connectivity index (χ1) is 20.1. The van der Waals surface area contributed by atoms with Crippen LogP contribution in [0.25, 0.3) is 0 Å². The second-order valence-electron chi connectivity index (χ2n) is 8.49. The van der Waals surface area contributed by atoms with Gasteiger partial charge >= 0.3 is 17.7 Å². The molecule has 0 saturated heterocycles. The molecule has 0 spiro atoms. The molecule has 1 aliphatic rings. The number of urea groups is 1. The third-order valence-electron chi connectivity index (χ3n) is 5.64. The monoisotopic (exact) mass is 645 g/mol. The van der Waals surface area contributed by atoms with E-state index in [-0.39, 0.29) is 41.7 Å². The van der Waals surface area contributed by atoms with Gasteiger partial charge in [-0.2, -0.15) is 5.10 Å². The molecular formula is C27H28BrN5O9. The third kappa shape index (κ3) is 7.84. The number of nitrogens with one attached hydrogen (secondary N) is 3. The molecule has 3 N–H and O–H groups in total. The molecule has 0 aromatic heterocycles. The minimum atomic E-state index is -0.808. The Hall–Kier alpha value is -4.92. The lowest BCUT2D eigenvalue weighted by molar-refractivity contribution is -0.385. The van der Waals surface area contributed by atoms with Crippen molar-refractivity contribution in [2.24, 2.45) is 5.10 Å². The molecule has 0 aliphatic carbocycles. The predicted molar refractivity (Wildman–Crippen MR) is 154 cm³/mol. The number of carbonyl (C=O) groups excluding carboxylic acids is 3. The average molecular weight is 646 g/mol. The Kier molecular flexibility index (Phi) is 11.0. The summed E-state index contributed by atoms with van der Waals surface area (Å²) in [6.45, 7) is 6.59. The maximum absolute atomic E-state index is 12.6. The number of amides is 3. The Morgan fingerprint density at radius 3 is 2.67 bits per heavy atom. The van der Waals surface area contributed by atoms with Gasteiger partial charge in [-0.1, -0.05) is 18.7 Å². The predicted octanol–water partition coefficient (Wildman–Crippen LogP) is 3.65. The smallest absolute Gasteiger partial charge is 0.338 e. The summed E-state index contributed by atoms with van der Waals surface area (Å²) in [6.07, 6.45) is 2.69. The third-order valence-corrected chi connectivity index (χ3v) is 6.22. The molecule has 3 amide bonds. The van der Waals surface area contributed by atoms with Crippen LogP contribution in [0.1, 0.15) is 31.0 Å². The van der Waals surface area contributed by atoms with Crippen molar-refractivity contribution in [1.82, 2.24) is 16.1 Å². The van der Waals surface area contributed by atoms with Crippen molar-refractivity contribution in [3.05, 3.63) is 80.0 Å². The Morgan fingerprint density at radius 2 is 2.00 bits per heavy atom. The number of halogens is 1. The number of esters is 1. The van der Waals surface area contributed by atoms with E-state index in [0.29, 0.717) is 21.3 Å².